The Balaban J connectivity index is 1.50. The second-order valence-electron chi connectivity index (χ2n) is 7.72. The van der Waals surface area contributed by atoms with Gasteiger partial charge in [-0.25, -0.2) is 19.7 Å². The SMILES string of the molecule is CC(C)(C)N(CC(=O)Nc1nc2ccc(Sc3cnc4ncccn34)cc2s1)C(=O)O. The van der Waals surface area contributed by atoms with E-state index < -0.39 is 17.5 Å². The van der Waals surface area contributed by atoms with Crippen LogP contribution in [0, 0.1) is 0 Å². The molecule has 0 atom stereocenters. The van der Waals surface area contributed by atoms with Crippen LogP contribution >= 0.6 is 23.1 Å². The zero-order valence-corrected chi connectivity index (χ0v) is 18.7. The van der Waals surface area contributed by atoms with Crippen molar-refractivity contribution >= 4 is 56.2 Å². The molecule has 1 aromatic carbocycles. The third kappa shape index (κ3) is 4.62. The summed E-state index contributed by atoms with van der Waals surface area (Å²) in [4.78, 5) is 38.9. The number of hydrogen-bond acceptors (Lipinski definition) is 7. The van der Waals surface area contributed by atoms with Crippen molar-refractivity contribution in [3.63, 3.8) is 0 Å². The molecule has 4 aromatic rings. The van der Waals surface area contributed by atoms with Crippen LogP contribution in [0.15, 0.2) is 52.8 Å². The molecule has 0 aliphatic heterocycles. The van der Waals surface area contributed by atoms with E-state index in [-0.39, 0.29) is 6.54 Å². The van der Waals surface area contributed by atoms with Gasteiger partial charge < -0.3 is 10.4 Å². The fraction of sp³-hybridized carbons (Fsp3) is 0.250. The van der Waals surface area contributed by atoms with Crippen molar-refractivity contribution < 1.29 is 14.7 Å². The molecule has 0 bridgehead atoms. The minimum absolute atomic E-state index is 0.266. The first-order valence-corrected chi connectivity index (χ1v) is 11.0. The van der Waals surface area contributed by atoms with E-state index in [1.165, 1.54) is 11.3 Å². The summed E-state index contributed by atoms with van der Waals surface area (Å²) in [7, 11) is 0. The lowest BCUT2D eigenvalue weighted by Crippen LogP contribution is -2.48. The van der Waals surface area contributed by atoms with E-state index in [0.717, 1.165) is 25.0 Å². The first-order chi connectivity index (χ1) is 14.7. The summed E-state index contributed by atoms with van der Waals surface area (Å²) in [5, 5.41) is 13.4. The van der Waals surface area contributed by atoms with Gasteiger partial charge >= 0.3 is 6.09 Å². The number of anilines is 1. The molecule has 0 saturated carbocycles. The minimum Gasteiger partial charge on any atom is -0.465 e. The Bertz CT molecular complexity index is 1280. The van der Waals surface area contributed by atoms with Crippen LogP contribution in [0.25, 0.3) is 16.0 Å². The quantitative estimate of drug-likeness (QED) is 0.462. The maximum atomic E-state index is 12.4. The van der Waals surface area contributed by atoms with Crippen LogP contribution in [0.5, 0.6) is 0 Å². The van der Waals surface area contributed by atoms with Gasteiger partial charge in [-0.15, -0.1) is 0 Å². The smallest absolute Gasteiger partial charge is 0.408 e. The molecule has 2 N–H and O–H groups in total. The van der Waals surface area contributed by atoms with Gasteiger partial charge in [-0.1, -0.05) is 23.1 Å². The van der Waals surface area contributed by atoms with Gasteiger partial charge in [0.2, 0.25) is 11.7 Å². The van der Waals surface area contributed by atoms with Gasteiger partial charge in [-0.3, -0.25) is 14.1 Å². The normalized spacial score (nSPS) is 11.7. The molecule has 11 heteroatoms. The first-order valence-electron chi connectivity index (χ1n) is 9.37. The Labute approximate surface area is 186 Å². The summed E-state index contributed by atoms with van der Waals surface area (Å²) in [6, 6.07) is 7.71. The summed E-state index contributed by atoms with van der Waals surface area (Å²) >= 11 is 2.90. The van der Waals surface area contributed by atoms with Crippen molar-refractivity contribution in [3.05, 3.63) is 42.9 Å². The zero-order chi connectivity index (χ0) is 22.2. The fourth-order valence-electron chi connectivity index (χ4n) is 2.92. The third-order valence-electron chi connectivity index (χ3n) is 4.43. The monoisotopic (exact) mass is 456 g/mol. The average Bonchev–Trinajstić information content (AvgIpc) is 3.28. The van der Waals surface area contributed by atoms with E-state index in [4.69, 9.17) is 0 Å². The molecule has 0 unspecified atom stereocenters. The van der Waals surface area contributed by atoms with Crippen molar-refractivity contribution in [1.29, 1.82) is 0 Å². The molecule has 0 radical (unpaired) electrons. The molecule has 2 amide bonds. The number of amides is 2. The standard InChI is InChI=1S/C20H20N6O3S2/c1-20(2,3)26(19(28)29)11-15(27)24-18-23-13-6-5-12(9-14(13)31-18)30-16-10-22-17-21-7-4-8-25(16)17/h4-10H,11H2,1-3H3,(H,28,29)(H,23,24,27). The number of aromatic nitrogens is 4. The number of hydrogen-bond donors (Lipinski definition) is 2. The lowest BCUT2D eigenvalue weighted by Gasteiger charge is -2.32. The van der Waals surface area contributed by atoms with E-state index >= 15 is 0 Å². The highest BCUT2D eigenvalue weighted by Crippen LogP contribution is 2.33. The Morgan fingerprint density at radius 2 is 2.10 bits per heavy atom. The number of benzene rings is 1. The summed E-state index contributed by atoms with van der Waals surface area (Å²) in [5.41, 5.74) is 0.0753. The van der Waals surface area contributed by atoms with Crippen molar-refractivity contribution in [1.82, 2.24) is 24.3 Å². The second-order valence-corrected chi connectivity index (χ2v) is 9.85. The number of nitrogens with zero attached hydrogens (tertiary/aromatic N) is 5. The number of imidazole rings is 1. The highest BCUT2D eigenvalue weighted by atomic mass is 32.2. The predicted molar refractivity (Wildman–Crippen MR) is 120 cm³/mol. The second kappa shape index (κ2) is 8.16. The molecule has 0 aliphatic rings. The summed E-state index contributed by atoms with van der Waals surface area (Å²) in [6.07, 6.45) is 4.25. The van der Waals surface area contributed by atoms with Crippen LogP contribution < -0.4 is 5.32 Å². The molecule has 3 aromatic heterocycles. The highest BCUT2D eigenvalue weighted by molar-refractivity contribution is 7.99. The number of carbonyl (C=O) groups excluding carboxylic acids is 1. The van der Waals surface area contributed by atoms with E-state index in [0.29, 0.717) is 10.9 Å². The first kappa shape index (κ1) is 21.1. The van der Waals surface area contributed by atoms with Crippen LogP contribution in [0.4, 0.5) is 9.93 Å². The molecular formula is C20H20N6O3S2. The highest BCUT2D eigenvalue weighted by Gasteiger charge is 2.28. The number of carbonyl (C=O) groups is 2. The Morgan fingerprint density at radius 3 is 2.84 bits per heavy atom. The minimum atomic E-state index is -1.14. The van der Waals surface area contributed by atoms with Gasteiger partial charge in [-0.05, 0) is 45.0 Å². The van der Waals surface area contributed by atoms with Gasteiger partial charge in [-0.2, -0.15) is 0 Å². The largest absolute Gasteiger partial charge is 0.465 e. The maximum absolute atomic E-state index is 12.4. The lowest BCUT2D eigenvalue weighted by atomic mass is 10.1. The topological polar surface area (TPSA) is 113 Å². The summed E-state index contributed by atoms with van der Waals surface area (Å²) in [6.45, 7) is 4.96. The lowest BCUT2D eigenvalue weighted by molar-refractivity contribution is -0.118. The van der Waals surface area contributed by atoms with Crippen molar-refractivity contribution in [2.24, 2.45) is 0 Å². The van der Waals surface area contributed by atoms with Crippen LogP contribution in [0.1, 0.15) is 20.8 Å². The van der Waals surface area contributed by atoms with Gasteiger partial charge in [0.15, 0.2) is 5.13 Å². The average molecular weight is 457 g/mol. The van der Waals surface area contributed by atoms with Gasteiger partial charge in [0, 0.05) is 22.8 Å². The zero-order valence-electron chi connectivity index (χ0n) is 17.1. The Kier molecular flexibility index (Phi) is 5.54. The van der Waals surface area contributed by atoms with Crippen LogP contribution in [-0.2, 0) is 4.79 Å². The number of fused-ring (bicyclic) bond motifs is 2. The molecule has 9 nitrogen and oxygen atoms in total. The molecule has 0 aliphatic carbocycles. The molecule has 0 fully saturated rings. The molecule has 4 rings (SSSR count). The summed E-state index contributed by atoms with van der Waals surface area (Å²) in [5.74, 6) is 0.212. The van der Waals surface area contributed by atoms with Crippen molar-refractivity contribution in [2.45, 2.75) is 36.2 Å². The number of carboxylic acid groups (broad SMARTS) is 1. The molecule has 160 valence electrons. The molecule has 0 saturated heterocycles. The number of rotatable bonds is 5. The van der Waals surface area contributed by atoms with Crippen LogP contribution in [-0.4, -0.2) is 53.4 Å². The predicted octanol–water partition coefficient (Wildman–Crippen LogP) is 4.21. The number of nitrogens with one attached hydrogen (secondary N) is 1. The van der Waals surface area contributed by atoms with E-state index in [2.05, 4.69) is 20.3 Å². The Morgan fingerprint density at radius 1 is 1.29 bits per heavy atom. The maximum Gasteiger partial charge on any atom is 0.408 e. The van der Waals surface area contributed by atoms with Gasteiger partial charge in [0.1, 0.15) is 11.6 Å². The van der Waals surface area contributed by atoms with Crippen LogP contribution in [0.2, 0.25) is 0 Å². The summed E-state index contributed by atoms with van der Waals surface area (Å²) < 4.78 is 2.83. The van der Waals surface area contributed by atoms with E-state index in [1.807, 2.05) is 34.9 Å². The molecule has 3 heterocycles. The Hall–Kier alpha value is -3.18. The van der Waals surface area contributed by atoms with Crippen molar-refractivity contribution in [3.8, 4) is 0 Å². The van der Waals surface area contributed by atoms with Crippen molar-refractivity contribution in [2.75, 3.05) is 11.9 Å². The fourth-order valence-corrected chi connectivity index (χ4v) is 4.81. The molecule has 31 heavy (non-hydrogen) atoms. The van der Waals surface area contributed by atoms with Gasteiger partial charge in [0.05, 0.1) is 16.4 Å². The molecule has 0 spiro atoms. The van der Waals surface area contributed by atoms with Gasteiger partial charge in [0.25, 0.3) is 0 Å². The number of thiazole rings is 1. The molecular weight excluding hydrogens is 436 g/mol. The van der Waals surface area contributed by atoms with E-state index in [1.54, 1.807) is 44.9 Å². The van der Waals surface area contributed by atoms with Crippen LogP contribution in [0.3, 0.4) is 0 Å². The van der Waals surface area contributed by atoms with E-state index in [9.17, 15) is 14.7 Å². The third-order valence-corrected chi connectivity index (χ3v) is 6.36.